The number of nitrogens with zero attached hydrogens (tertiary/aromatic N) is 4. The standard InChI is InChI=1S/C14H7Cl2F2N5O/c15-7-5-21-23(14(24)12(7)16)11-4-10(19-6-20-11)22-13-8(17)2-1-3-9(13)18/h1-6H,(H,19,20,22). The number of para-hydroxylation sites is 1. The lowest BCUT2D eigenvalue weighted by atomic mass is 10.3. The average Bonchev–Trinajstić information content (AvgIpc) is 2.57. The molecule has 0 aliphatic carbocycles. The molecule has 10 heteroatoms. The van der Waals surface area contributed by atoms with Gasteiger partial charge in [0.25, 0.3) is 5.56 Å². The Morgan fingerprint density at radius 2 is 1.83 bits per heavy atom. The zero-order valence-electron chi connectivity index (χ0n) is 11.7. The minimum absolute atomic E-state index is 0.00116. The van der Waals surface area contributed by atoms with Gasteiger partial charge in [0.15, 0.2) is 5.82 Å². The summed E-state index contributed by atoms with van der Waals surface area (Å²) in [6, 6.07) is 4.71. The minimum atomic E-state index is -0.792. The van der Waals surface area contributed by atoms with Gasteiger partial charge in [-0.3, -0.25) is 4.79 Å². The van der Waals surface area contributed by atoms with Gasteiger partial charge in [0.05, 0.1) is 11.2 Å². The molecule has 0 amide bonds. The van der Waals surface area contributed by atoms with E-state index >= 15 is 0 Å². The number of hydrogen-bond acceptors (Lipinski definition) is 5. The number of aromatic nitrogens is 4. The number of halogens is 4. The van der Waals surface area contributed by atoms with Gasteiger partial charge in [-0.15, -0.1) is 0 Å². The lowest BCUT2D eigenvalue weighted by molar-refractivity contribution is 0.590. The van der Waals surface area contributed by atoms with Crippen molar-refractivity contribution in [3.8, 4) is 5.82 Å². The van der Waals surface area contributed by atoms with Gasteiger partial charge in [-0.25, -0.2) is 18.7 Å². The van der Waals surface area contributed by atoms with E-state index in [0.29, 0.717) is 0 Å². The normalized spacial score (nSPS) is 10.7. The van der Waals surface area contributed by atoms with Gasteiger partial charge in [0, 0.05) is 6.07 Å². The minimum Gasteiger partial charge on any atom is -0.335 e. The molecule has 1 aromatic carbocycles. The topological polar surface area (TPSA) is 72.7 Å². The molecular formula is C14H7Cl2F2N5O. The summed E-state index contributed by atoms with van der Waals surface area (Å²) in [7, 11) is 0. The molecule has 1 N–H and O–H groups in total. The molecule has 0 saturated carbocycles. The zero-order valence-corrected chi connectivity index (χ0v) is 13.2. The summed E-state index contributed by atoms with van der Waals surface area (Å²) < 4.78 is 28.2. The molecule has 0 radical (unpaired) electrons. The summed E-state index contributed by atoms with van der Waals surface area (Å²) in [4.78, 5) is 19.8. The van der Waals surface area contributed by atoms with E-state index in [1.807, 2.05) is 0 Å². The molecular weight excluding hydrogens is 363 g/mol. The highest BCUT2D eigenvalue weighted by Gasteiger charge is 2.13. The first-order valence-electron chi connectivity index (χ1n) is 6.44. The zero-order chi connectivity index (χ0) is 17.3. The Bertz CT molecular complexity index is 959. The van der Waals surface area contributed by atoms with Crippen LogP contribution in [-0.2, 0) is 0 Å². The quantitative estimate of drug-likeness (QED) is 0.766. The molecule has 0 bridgehead atoms. The average molecular weight is 370 g/mol. The van der Waals surface area contributed by atoms with Crippen LogP contribution in [0.4, 0.5) is 20.3 Å². The van der Waals surface area contributed by atoms with Crippen LogP contribution in [0.1, 0.15) is 0 Å². The molecule has 0 fully saturated rings. The summed E-state index contributed by atoms with van der Waals surface area (Å²) in [5, 5.41) is 6.08. The number of anilines is 2. The number of nitrogens with one attached hydrogen (secondary N) is 1. The molecule has 3 aromatic rings. The summed E-state index contributed by atoms with van der Waals surface area (Å²) in [5.41, 5.74) is -1.07. The fraction of sp³-hybridized carbons (Fsp3) is 0. The van der Waals surface area contributed by atoms with Crippen LogP contribution in [0, 0.1) is 11.6 Å². The molecule has 0 aliphatic heterocycles. The van der Waals surface area contributed by atoms with Crippen LogP contribution in [0.15, 0.2) is 41.6 Å². The number of hydrogen-bond donors (Lipinski definition) is 1. The lowest BCUT2D eigenvalue weighted by Crippen LogP contribution is -2.22. The van der Waals surface area contributed by atoms with Gasteiger partial charge >= 0.3 is 0 Å². The van der Waals surface area contributed by atoms with E-state index in [1.165, 1.54) is 18.3 Å². The summed E-state index contributed by atoms with van der Waals surface area (Å²) in [6.07, 6.45) is 2.28. The fourth-order valence-electron chi connectivity index (χ4n) is 1.85. The first-order chi connectivity index (χ1) is 11.5. The van der Waals surface area contributed by atoms with Crippen LogP contribution in [0.2, 0.25) is 10.0 Å². The van der Waals surface area contributed by atoms with E-state index < -0.39 is 17.2 Å². The van der Waals surface area contributed by atoms with Gasteiger partial charge in [0.2, 0.25) is 0 Å². The Hall–Kier alpha value is -2.58. The molecule has 2 aromatic heterocycles. The maximum absolute atomic E-state index is 13.7. The predicted molar refractivity (Wildman–Crippen MR) is 85.1 cm³/mol. The van der Waals surface area contributed by atoms with Crippen molar-refractivity contribution in [3.63, 3.8) is 0 Å². The molecule has 122 valence electrons. The summed E-state index contributed by atoms with van der Waals surface area (Å²) in [5.74, 6) is -1.48. The van der Waals surface area contributed by atoms with Crippen LogP contribution in [-0.4, -0.2) is 19.7 Å². The highest BCUT2D eigenvalue weighted by atomic mass is 35.5. The largest absolute Gasteiger partial charge is 0.335 e. The molecule has 6 nitrogen and oxygen atoms in total. The number of rotatable bonds is 3. The van der Waals surface area contributed by atoms with Crippen molar-refractivity contribution in [1.82, 2.24) is 19.7 Å². The molecule has 0 saturated heterocycles. The second-order valence-corrected chi connectivity index (χ2v) is 5.29. The predicted octanol–water partition coefficient (Wildman–Crippen LogP) is 3.35. The SMILES string of the molecule is O=c1c(Cl)c(Cl)cnn1-c1cc(Nc2c(F)cccc2F)ncn1. The molecule has 0 spiro atoms. The van der Waals surface area contributed by atoms with Gasteiger partial charge in [-0.05, 0) is 12.1 Å². The van der Waals surface area contributed by atoms with Crippen molar-refractivity contribution in [1.29, 1.82) is 0 Å². The second-order valence-electron chi connectivity index (χ2n) is 4.51. The van der Waals surface area contributed by atoms with E-state index in [2.05, 4.69) is 20.4 Å². The number of benzene rings is 1. The Morgan fingerprint density at radius 3 is 2.54 bits per heavy atom. The lowest BCUT2D eigenvalue weighted by Gasteiger charge is -2.09. The third kappa shape index (κ3) is 3.06. The molecule has 0 atom stereocenters. The highest BCUT2D eigenvalue weighted by Crippen LogP contribution is 2.22. The van der Waals surface area contributed by atoms with Gasteiger partial charge in [-0.1, -0.05) is 29.3 Å². The van der Waals surface area contributed by atoms with Gasteiger partial charge in [0.1, 0.15) is 34.5 Å². The van der Waals surface area contributed by atoms with Gasteiger partial charge in [-0.2, -0.15) is 9.78 Å². The third-order valence-electron chi connectivity index (χ3n) is 2.96. The van der Waals surface area contributed by atoms with Crippen molar-refractivity contribution in [2.45, 2.75) is 0 Å². The molecule has 0 aliphatic rings. The maximum atomic E-state index is 13.7. The molecule has 0 unspecified atom stereocenters. The Morgan fingerprint density at radius 1 is 1.12 bits per heavy atom. The molecule has 2 heterocycles. The van der Waals surface area contributed by atoms with Crippen molar-refractivity contribution < 1.29 is 8.78 Å². The smallest absolute Gasteiger partial charge is 0.293 e. The third-order valence-corrected chi connectivity index (χ3v) is 3.71. The molecule has 24 heavy (non-hydrogen) atoms. The monoisotopic (exact) mass is 369 g/mol. The fourth-order valence-corrected chi connectivity index (χ4v) is 2.11. The van der Waals surface area contributed by atoms with Crippen molar-refractivity contribution in [2.75, 3.05) is 5.32 Å². The van der Waals surface area contributed by atoms with E-state index in [4.69, 9.17) is 23.2 Å². The van der Waals surface area contributed by atoms with E-state index in [0.717, 1.165) is 23.1 Å². The molecule has 3 rings (SSSR count). The summed E-state index contributed by atoms with van der Waals surface area (Å²) in [6.45, 7) is 0. The first kappa shape index (κ1) is 16.3. The van der Waals surface area contributed by atoms with Gasteiger partial charge < -0.3 is 5.32 Å². The van der Waals surface area contributed by atoms with Crippen LogP contribution in [0.3, 0.4) is 0 Å². The van der Waals surface area contributed by atoms with Crippen LogP contribution in [0.5, 0.6) is 0 Å². The van der Waals surface area contributed by atoms with Crippen molar-refractivity contribution in [3.05, 3.63) is 68.8 Å². The Balaban J connectivity index is 2.02. The van der Waals surface area contributed by atoms with Crippen LogP contribution < -0.4 is 10.9 Å². The van der Waals surface area contributed by atoms with Crippen molar-refractivity contribution in [2.24, 2.45) is 0 Å². The second kappa shape index (κ2) is 6.50. The van der Waals surface area contributed by atoms with E-state index in [9.17, 15) is 13.6 Å². The Kier molecular flexibility index (Phi) is 4.41. The Labute approximate surface area is 143 Å². The maximum Gasteiger partial charge on any atom is 0.293 e. The van der Waals surface area contributed by atoms with Crippen molar-refractivity contribution >= 4 is 34.7 Å². The van der Waals surface area contributed by atoms with E-state index in [-0.39, 0.29) is 27.4 Å². The van der Waals surface area contributed by atoms with Crippen LogP contribution in [0.25, 0.3) is 5.82 Å². The summed E-state index contributed by atoms with van der Waals surface area (Å²) >= 11 is 11.5. The first-order valence-corrected chi connectivity index (χ1v) is 7.20. The van der Waals surface area contributed by atoms with Crippen LogP contribution >= 0.6 is 23.2 Å². The highest BCUT2D eigenvalue weighted by molar-refractivity contribution is 6.41. The van der Waals surface area contributed by atoms with E-state index in [1.54, 1.807) is 0 Å².